The molecule has 0 atom stereocenters. The van der Waals surface area contributed by atoms with Gasteiger partial charge in [-0.3, -0.25) is 9.59 Å². The van der Waals surface area contributed by atoms with E-state index in [1.807, 2.05) is 6.07 Å². The Morgan fingerprint density at radius 1 is 0.829 bits per heavy atom. The molecule has 6 nitrogen and oxygen atoms in total. The molecule has 0 unspecified atom stereocenters. The third kappa shape index (κ3) is 6.00. The minimum absolute atomic E-state index is 0.224. The molecular formula is C29H23NO5. The van der Waals surface area contributed by atoms with Crippen LogP contribution in [-0.4, -0.2) is 24.3 Å². The van der Waals surface area contributed by atoms with Gasteiger partial charge in [-0.05, 0) is 67.6 Å². The highest BCUT2D eigenvalue weighted by Gasteiger charge is 2.10. The number of esters is 1. The monoisotopic (exact) mass is 465 g/mol. The molecule has 1 N–H and O–H groups in total. The van der Waals surface area contributed by atoms with Crippen LogP contribution in [0.1, 0.15) is 43.8 Å². The van der Waals surface area contributed by atoms with Crippen LogP contribution in [0.15, 0.2) is 101 Å². The van der Waals surface area contributed by atoms with Crippen molar-refractivity contribution in [1.82, 2.24) is 0 Å². The van der Waals surface area contributed by atoms with E-state index in [9.17, 15) is 14.4 Å². The Morgan fingerprint density at radius 2 is 1.57 bits per heavy atom. The van der Waals surface area contributed by atoms with Gasteiger partial charge >= 0.3 is 5.97 Å². The van der Waals surface area contributed by atoms with Crippen LogP contribution in [0.3, 0.4) is 0 Å². The molecule has 174 valence electrons. The van der Waals surface area contributed by atoms with Crippen molar-refractivity contribution in [2.24, 2.45) is 0 Å². The molecule has 1 heterocycles. The molecule has 0 saturated heterocycles. The maximum absolute atomic E-state index is 12.7. The van der Waals surface area contributed by atoms with Crippen molar-refractivity contribution in [2.45, 2.75) is 6.92 Å². The second-order valence-electron chi connectivity index (χ2n) is 7.60. The average Bonchev–Trinajstić information content (AvgIpc) is 3.37. The topological polar surface area (TPSA) is 85.6 Å². The van der Waals surface area contributed by atoms with Crippen molar-refractivity contribution < 1.29 is 23.5 Å². The summed E-state index contributed by atoms with van der Waals surface area (Å²) in [5.41, 5.74) is 2.77. The quantitative estimate of drug-likeness (QED) is 0.188. The van der Waals surface area contributed by atoms with E-state index in [-0.39, 0.29) is 17.7 Å². The number of amides is 1. The van der Waals surface area contributed by atoms with Crippen molar-refractivity contribution in [2.75, 3.05) is 11.9 Å². The van der Waals surface area contributed by atoms with E-state index >= 15 is 0 Å². The Balaban J connectivity index is 1.41. The summed E-state index contributed by atoms with van der Waals surface area (Å²) in [4.78, 5) is 36.8. The fraction of sp³-hybridized carbons (Fsp3) is 0.0690. The lowest BCUT2D eigenvalue weighted by molar-refractivity contribution is 0.0526. The van der Waals surface area contributed by atoms with E-state index in [0.717, 1.165) is 5.56 Å². The molecule has 0 aliphatic rings. The summed E-state index contributed by atoms with van der Waals surface area (Å²) in [7, 11) is 0. The standard InChI is InChI=1S/C29H23NO5/c1-2-34-29(33)22-13-11-20(12-14-22)27-18-16-25(35-27)15-17-26(31)23-9-6-10-24(19-23)30-28(32)21-7-4-3-5-8-21/h3-19H,2H2,1H3,(H,30,32). The van der Waals surface area contributed by atoms with Gasteiger partial charge in [-0.1, -0.05) is 42.5 Å². The maximum Gasteiger partial charge on any atom is 0.338 e. The van der Waals surface area contributed by atoms with Gasteiger partial charge in [0.1, 0.15) is 11.5 Å². The predicted molar refractivity (Wildman–Crippen MR) is 134 cm³/mol. The largest absolute Gasteiger partial charge is 0.462 e. The summed E-state index contributed by atoms with van der Waals surface area (Å²) in [5, 5.41) is 2.80. The van der Waals surface area contributed by atoms with Crippen molar-refractivity contribution in [3.05, 3.63) is 120 Å². The van der Waals surface area contributed by atoms with E-state index in [0.29, 0.717) is 40.5 Å². The maximum atomic E-state index is 12.7. The highest BCUT2D eigenvalue weighted by molar-refractivity contribution is 6.08. The lowest BCUT2D eigenvalue weighted by Gasteiger charge is -2.06. The predicted octanol–water partition coefficient (Wildman–Crippen LogP) is 6.27. The van der Waals surface area contributed by atoms with E-state index in [1.165, 1.54) is 6.08 Å². The summed E-state index contributed by atoms with van der Waals surface area (Å²) >= 11 is 0. The Labute approximate surface area is 202 Å². The molecule has 35 heavy (non-hydrogen) atoms. The summed E-state index contributed by atoms with van der Waals surface area (Å²) in [6.45, 7) is 2.08. The van der Waals surface area contributed by atoms with Crippen LogP contribution >= 0.6 is 0 Å². The number of anilines is 1. The fourth-order valence-electron chi connectivity index (χ4n) is 3.38. The molecule has 1 aromatic heterocycles. The van der Waals surface area contributed by atoms with E-state index in [1.54, 1.807) is 97.9 Å². The molecule has 3 aromatic carbocycles. The van der Waals surface area contributed by atoms with Crippen molar-refractivity contribution in [3.8, 4) is 11.3 Å². The summed E-state index contributed by atoms with van der Waals surface area (Å²) < 4.78 is 10.8. The zero-order valence-electron chi connectivity index (χ0n) is 19.1. The first-order valence-corrected chi connectivity index (χ1v) is 11.1. The van der Waals surface area contributed by atoms with E-state index < -0.39 is 0 Å². The number of allylic oxidation sites excluding steroid dienone is 1. The van der Waals surface area contributed by atoms with Crippen LogP contribution in [0.2, 0.25) is 0 Å². The number of hydrogen-bond donors (Lipinski definition) is 1. The summed E-state index contributed by atoms with van der Waals surface area (Å²) in [6, 6.07) is 26.1. The molecule has 4 rings (SSSR count). The molecular weight excluding hydrogens is 442 g/mol. The fourth-order valence-corrected chi connectivity index (χ4v) is 3.38. The summed E-state index contributed by atoms with van der Waals surface area (Å²) in [6.07, 6.45) is 3.01. The first kappa shape index (κ1) is 23.4. The molecule has 4 aromatic rings. The van der Waals surface area contributed by atoms with E-state index in [4.69, 9.17) is 9.15 Å². The number of carbonyl (C=O) groups is 3. The summed E-state index contributed by atoms with van der Waals surface area (Å²) in [5.74, 6) is 0.278. The van der Waals surface area contributed by atoms with Crippen LogP contribution in [0.4, 0.5) is 5.69 Å². The normalized spacial score (nSPS) is 10.8. The van der Waals surface area contributed by atoms with Gasteiger partial charge in [-0.15, -0.1) is 0 Å². The first-order chi connectivity index (χ1) is 17.0. The number of ether oxygens (including phenoxy) is 1. The van der Waals surface area contributed by atoms with Crippen molar-refractivity contribution >= 4 is 29.4 Å². The SMILES string of the molecule is CCOC(=O)c1ccc(-c2ccc(C=CC(=O)c3cccc(NC(=O)c4ccccc4)c3)o2)cc1. The Morgan fingerprint density at radius 3 is 2.31 bits per heavy atom. The highest BCUT2D eigenvalue weighted by Crippen LogP contribution is 2.24. The molecule has 1 amide bonds. The molecule has 0 bridgehead atoms. The van der Waals surface area contributed by atoms with E-state index in [2.05, 4.69) is 5.32 Å². The Hall–Kier alpha value is -4.71. The van der Waals surface area contributed by atoms with Gasteiger partial charge in [-0.2, -0.15) is 0 Å². The third-order valence-corrected chi connectivity index (χ3v) is 5.15. The molecule has 0 fully saturated rings. The molecule has 0 saturated carbocycles. The molecule has 0 spiro atoms. The van der Waals surface area contributed by atoms with Gasteiger partial charge in [0, 0.05) is 22.4 Å². The van der Waals surface area contributed by atoms with Gasteiger partial charge in [0.25, 0.3) is 5.91 Å². The lowest BCUT2D eigenvalue weighted by Crippen LogP contribution is -2.12. The van der Waals surface area contributed by atoms with Gasteiger partial charge in [0.2, 0.25) is 0 Å². The van der Waals surface area contributed by atoms with Crippen molar-refractivity contribution in [1.29, 1.82) is 0 Å². The van der Waals surface area contributed by atoms with Crippen LogP contribution in [0.25, 0.3) is 17.4 Å². The smallest absolute Gasteiger partial charge is 0.338 e. The number of hydrogen-bond acceptors (Lipinski definition) is 5. The van der Waals surface area contributed by atoms with Crippen LogP contribution in [0.5, 0.6) is 0 Å². The lowest BCUT2D eigenvalue weighted by atomic mass is 10.1. The number of ketones is 1. The second-order valence-corrected chi connectivity index (χ2v) is 7.60. The molecule has 0 aliphatic carbocycles. The van der Waals surface area contributed by atoms with Crippen LogP contribution in [-0.2, 0) is 4.74 Å². The third-order valence-electron chi connectivity index (χ3n) is 5.15. The van der Waals surface area contributed by atoms with Gasteiger partial charge in [-0.25, -0.2) is 4.79 Å². The molecule has 0 aliphatic heterocycles. The molecule has 6 heteroatoms. The minimum atomic E-state index is -0.371. The van der Waals surface area contributed by atoms with Crippen LogP contribution < -0.4 is 5.32 Å². The number of carbonyl (C=O) groups excluding carboxylic acids is 3. The number of nitrogens with one attached hydrogen (secondary N) is 1. The Bertz CT molecular complexity index is 1370. The average molecular weight is 466 g/mol. The van der Waals surface area contributed by atoms with Gasteiger partial charge in [0.15, 0.2) is 5.78 Å². The zero-order valence-corrected chi connectivity index (χ0v) is 19.1. The Kier molecular flexibility index (Phi) is 7.33. The van der Waals surface area contributed by atoms with Gasteiger partial charge < -0.3 is 14.5 Å². The zero-order chi connectivity index (χ0) is 24.6. The molecule has 0 radical (unpaired) electrons. The highest BCUT2D eigenvalue weighted by atomic mass is 16.5. The number of benzene rings is 3. The van der Waals surface area contributed by atoms with Gasteiger partial charge in [0.05, 0.1) is 12.2 Å². The number of rotatable bonds is 8. The first-order valence-electron chi connectivity index (χ1n) is 11.1. The minimum Gasteiger partial charge on any atom is -0.462 e. The number of furan rings is 1. The second kappa shape index (κ2) is 10.9. The van der Waals surface area contributed by atoms with Crippen LogP contribution in [0, 0.1) is 0 Å². The van der Waals surface area contributed by atoms with Crippen molar-refractivity contribution in [3.63, 3.8) is 0 Å².